The SMILES string of the molecule is CCN(CC)S(=O)(=O)c1ccc(OC)c(NC(=O)COc2ccc(Cl)c(Cl)c2)c1. The molecule has 0 fully saturated rings. The first-order valence-electron chi connectivity index (χ1n) is 8.78. The largest absolute Gasteiger partial charge is 0.495 e. The number of carbonyl (C=O) groups excluding carboxylic acids is 1. The van der Waals surface area contributed by atoms with E-state index in [1.165, 1.54) is 35.7 Å². The van der Waals surface area contributed by atoms with E-state index in [9.17, 15) is 13.2 Å². The van der Waals surface area contributed by atoms with Crippen LogP contribution in [0.1, 0.15) is 13.8 Å². The van der Waals surface area contributed by atoms with E-state index in [0.29, 0.717) is 34.6 Å². The maximum absolute atomic E-state index is 12.7. The summed E-state index contributed by atoms with van der Waals surface area (Å²) in [6.07, 6.45) is 0. The Labute approximate surface area is 180 Å². The van der Waals surface area contributed by atoms with Gasteiger partial charge in [0.05, 0.1) is 27.7 Å². The number of ether oxygens (including phenoxy) is 2. The quantitative estimate of drug-likeness (QED) is 0.609. The minimum atomic E-state index is -3.68. The van der Waals surface area contributed by atoms with Crippen molar-refractivity contribution in [2.75, 3.05) is 32.1 Å². The summed E-state index contributed by atoms with van der Waals surface area (Å²) in [5.74, 6) is 0.206. The van der Waals surface area contributed by atoms with Crippen LogP contribution in [0.15, 0.2) is 41.3 Å². The standard InChI is InChI=1S/C19H22Cl2N2O5S/c1-4-23(5-2)29(25,26)14-7-9-18(27-3)17(11-14)22-19(24)12-28-13-6-8-15(20)16(21)10-13/h6-11H,4-5,12H2,1-3H3,(H,22,24). The molecule has 0 atom stereocenters. The number of carbonyl (C=O) groups is 1. The van der Waals surface area contributed by atoms with Crippen molar-refractivity contribution in [1.29, 1.82) is 0 Å². The van der Waals surface area contributed by atoms with Gasteiger partial charge in [-0.15, -0.1) is 0 Å². The number of halogens is 2. The highest BCUT2D eigenvalue weighted by Gasteiger charge is 2.23. The molecular formula is C19H22Cl2N2O5S. The number of amides is 1. The fourth-order valence-corrected chi connectivity index (χ4v) is 4.33. The lowest BCUT2D eigenvalue weighted by atomic mass is 10.3. The van der Waals surface area contributed by atoms with Crippen LogP contribution < -0.4 is 14.8 Å². The molecule has 2 aromatic rings. The Kier molecular flexibility index (Phi) is 8.15. The van der Waals surface area contributed by atoms with Gasteiger partial charge in [0.15, 0.2) is 6.61 Å². The molecule has 0 aliphatic heterocycles. The maximum atomic E-state index is 12.7. The van der Waals surface area contributed by atoms with Crippen molar-refractivity contribution in [3.63, 3.8) is 0 Å². The van der Waals surface area contributed by atoms with Gasteiger partial charge in [-0.2, -0.15) is 4.31 Å². The molecule has 10 heteroatoms. The first kappa shape index (κ1) is 23.3. The molecule has 158 valence electrons. The lowest BCUT2D eigenvalue weighted by Crippen LogP contribution is -2.30. The van der Waals surface area contributed by atoms with E-state index < -0.39 is 15.9 Å². The van der Waals surface area contributed by atoms with E-state index in [4.69, 9.17) is 32.7 Å². The fourth-order valence-electron chi connectivity index (χ4n) is 2.56. The van der Waals surface area contributed by atoms with Crippen molar-refractivity contribution < 1.29 is 22.7 Å². The van der Waals surface area contributed by atoms with Crippen LogP contribution in [0.5, 0.6) is 11.5 Å². The van der Waals surface area contributed by atoms with Crippen LogP contribution in [0.4, 0.5) is 5.69 Å². The molecule has 2 rings (SSSR count). The van der Waals surface area contributed by atoms with E-state index in [1.54, 1.807) is 26.0 Å². The average Bonchev–Trinajstić information content (AvgIpc) is 2.69. The number of anilines is 1. The summed E-state index contributed by atoms with van der Waals surface area (Å²) in [5.41, 5.74) is 0.225. The molecule has 0 aromatic heterocycles. The van der Waals surface area contributed by atoms with Gasteiger partial charge in [0.1, 0.15) is 11.5 Å². The molecule has 2 aromatic carbocycles. The van der Waals surface area contributed by atoms with Gasteiger partial charge in [-0.1, -0.05) is 37.0 Å². The van der Waals surface area contributed by atoms with E-state index in [1.807, 2.05) is 0 Å². The van der Waals surface area contributed by atoms with Crippen LogP contribution in [0, 0.1) is 0 Å². The summed E-state index contributed by atoms with van der Waals surface area (Å²) in [4.78, 5) is 12.4. The van der Waals surface area contributed by atoms with Crippen LogP contribution in [0.2, 0.25) is 10.0 Å². The highest BCUT2D eigenvalue weighted by atomic mass is 35.5. The Hall–Kier alpha value is -2.00. The molecule has 0 unspecified atom stereocenters. The van der Waals surface area contributed by atoms with Crippen LogP contribution in [-0.4, -0.2) is 45.4 Å². The zero-order valence-corrected chi connectivity index (χ0v) is 18.6. The van der Waals surface area contributed by atoms with E-state index in [2.05, 4.69) is 5.32 Å². The Morgan fingerprint density at radius 2 is 1.76 bits per heavy atom. The lowest BCUT2D eigenvalue weighted by Gasteiger charge is -2.19. The normalized spacial score (nSPS) is 11.4. The van der Waals surface area contributed by atoms with Gasteiger partial charge in [-0.05, 0) is 30.3 Å². The molecule has 0 bridgehead atoms. The number of hydrogen-bond acceptors (Lipinski definition) is 5. The molecule has 0 aliphatic rings. The third-order valence-electron chi connectivity index (χ3n) is 4.05. The summed E-state index contributed by atoms with van der Waals surface area (Å²) >= 11 is 11.8. The highest BCUT2D eigenvalue weighted by molar-refractivity contribution is 7.89. The topological polar surface area (TPSA) is 84.9 Å². The summed E-state index contributed by atoms with van der Waals surface area (Å²) in [7, 11) is -2.25. The number of hydrogen-bond donors (Lipinski definition) is 1. The second-order valence-corrected chi connectivity index (χ2v) is 8.62. The number of methoxy groups -OCH3 is 1. The maximum Gasteiger partial charge on any atom is 0.262 e. The zero-order valence-electron chi connectivity index (χ0n) is 16.2. The monoisotopic (exact) mass is 460 g/mol. The van der Waals surface area contributed by atoms with Gasteiger partial charge in [-0.3, -0.25) is 4.79 Å². The average molecular weight is 461 g/mol. The molecule has 29 heavy (non-hydrogen) atoms. The van der Waals surface area contributed by atoms with Gasteiger partial charge in [0.2, 0.25) is 10.0 Å². The van der Waals surface area contributed by atoms with Crippen LogP contribution in [0.3, 0.4) is 0 Å². The van der Waals surface area contributed by atoms with Crippen LogP contribution in [-0.2, 0) is 14.8 Å². The van der Waals surface area contributed by atoms with E-state index in [0.717, 1.165) is 0 Å². The van der Waals surface area contributed by atoms with Crippen LogP contribution in [0.25, 0.3) is 0 Å². The second kappa shape index (κ2) is 10.2. The molecular weight excluding hydrogens is 439 g/mol. The van der Waals surface area contributed by atoms with Gasteiger partial charge in [0, 0.05) is 19.2 Å². The summed E-state index contributed by atoms with van der Waals surface area (Å²) in [5, 5.41) is 3.29. The molecule has 0 radical (unpaired) electrons. The number of rotatable bonds is 9. The number of nitrogens with one attached hydrogen (secondary N) is 1. The minimum absolute atomic E-state index is 0.0581. The number of sulfonamides is 1. The Bertz CT molecular complexity index is 979. The van der Waals surface area contributed by atoms with E-state index >= 15 is 0 Å². The molecule has 0 heterocycles. The van der Waals surface area contributed by atoms with Crippen molar-refractivity contribution in [3.8, 4) is 11.5 Å². The van der Waals surface area contributed by atoms with Crippen molar-refractivity contribution >= 4 is 44.8 Å². The fraction of sp³-hybridized carbons (Fsp3) is 0.316. The van der Waals surface area contributed by atoms with Crippen molar-refractivity contribution in [3.05, 3.63) is 46.4 Å². The van der Waals surface area contributed by atoms with Crippen LogP contribution >= 0.6 is 23.2 Å². The van der Waals surface area contributed by atoms with Crippen molar-refractivity contribution in [1.82, 2.24) is 4.31 Å². The third kappa shape index (κ3) is 5.76. The van der Waals surface area contributed by atoms with Gasteiger partial charge in [-0.25, -0.2) is 8.42 Å². The molecule has 1 amide bonds. The molecule has 0 saturated carbocycles. The van der Waals surface area contributed by atoms with Crippen molar-refractivity contribution in [2.24, 2.45) is 0 Å². The summed E-state index contributed by atoms with van der Waals surface area (Å²) in [6.45, 7) is 3.88. The smallest absolute Gasteiger partial charge is 0.262 e. The molecule has 0 aliphatic carbocycles. The molecule has 0 spiro atoms. The van der Waals surface area contributed by atoms with Gasteiger partial charge in [0.25, 0.3) is 5.91 Å². The molecule has 0 saturated heterocycles. The Morgan fingerprint density at radius 3 is 2.34 bits per heavy atom. The lowest BCUT2D eigenvalue weighted by molar-refractivity contribution is -0.118. The van der Waals surface area contributed by atoms with Gasteiger partial charge >= 0.3 is 0 Å². The Balaban J connectivity index is 2.18. The number of benzene rings is 2. The minimum Gasteiger partial charge on any atom is -0.495 e. The zero-order chi connectivity index (χ0) is 21.6. The third-order valence-corrected chi connectivity index (χ3v) is 6.83. The molecule has 1 N–H and O–H groups in total. The predicted octanol–water partition coefficient (Wildman–Crippen LogP) is 4.05. The number of nitrogens with zero attached hydrogens (tertiary/aromatic N) is 1. The molecule has 7 nitrogen and oxygen atoms in total. The first-order chi connectivity index (χ1) is 13.7. The summed E-state index contributed by atoms with van der Waals surface area (Å²) in [6, 6.07) is 8.93. The second-order valence-electron chi connectivity index (χ2n) is 5.86. The summed E-state index contributed by atoms with van der Waals surface area (Å²) < 4.78 is 37.4. The van der Waals surface area contributed by atoms with Crippen molar-refractivity contribution in [2.45, 2.75) is 18.7 Å². The van der Waals surface area contributed by atoms with E-state index in [-0.39, 0.29) is 17.2 Å². The predicted molar refractivity (Wildman–Crippen MR) is 114 cm³/mol. The highest BCUT2D eigenvalue weighted by Crippen LogP contribution is 2.29. The van der Waals surface area contributed by atoms with Gasteiger partial charge < -0.3 is 14.8 Å². The Morgan fingerprint density at radius 1 is 1.07 bits per heavy atom. The first-order valence-corrected chi connectivity index (χ1v) is 11.0.